The summed E-state index contributed by atoms with van der Waals surface area (Å²) in [6.07, 6.45) is 2.10. The Morgan fingerprint density at radius 2 is 2.00 bits per heavy atom. The topological polar surface area (TPSA) is 0 Å². The lowest BCUT2D eigenvalue weighted by atomic mass is 11.0. The molecule has 0 N–H and O–H groups in total. The van der Waals surface area contributed by atoms with E-state index in [1.165, 1.54) is 11.4 Å². The summed E-state index contributed by atoms with van der Waals surface area (Å²) < 4.78 is 0. The van der Waals surface area contributed by atoms with Crippen LogP contribution in [0.3, 0.4) is 0 Å². The van der Waals surface area contributed by atoms with Crippen molar-refractivity contribution in [3.63, 3.8) is 0 Å². The third kappa shape index (κ3) is 2.22. The largest absolute Gasteiger partial charge is 0.208 e. The van der Waals surface area contributed by atoms with Gasteiger partial charge in [-0.2, -0.15) is 0 Å². The van der Waals surface area contributed by atoms with Gasteiger partial charge in [-0.15, -0.1) is 0 Å². The zero-order valence-corrected chi connectivity index (χ0v) is 3.92. The minimum Gasteiger partial charge on any atom is -0.208 e. The molecular weight excluding hydrogens is 68.1 g/mol. The lowest BCUT2D eigenvalue weighted by molar-refractivity contribution is 2.14. The molecule has 0 aromatic carbocycles. The SMILES string of the molecule is CC=[SH]C. The maximum atomic E-state index is 2.10. The lowest BCUT2D eigenvalue weighted by Crippen LogP contribution is -1.37. The van der Waals surface area contributed by atoms with E-state index in [0.717, 1.165) is 0 Å². The van der Waals surface area contributed by atoms with Gasteiger partial charge in [-0.25, -0.2) is 11.4 Å². The molecule has 0 nitrogen and oxygen atoms in total. The Labute approximate surface area is 30.8 Å². The zero-order chi connectivity index (χ0) is 3.41. The van der Waals surface area contributed by atoms with Gasteiger partial charge in [0.15, 0.2) is 0 Å². The van der Waals surface area contributed by atoms with E-state index in [1.807, 2.05) is 6.92 Å². The van der Waals surface area contributed by atoms with Gasteiger partial charge in [-0.1, -0.05) is 5.37 Å². The van der Waals surface area contributed by atoms with Crippen LogP contribution in [0.15, 0.2) is 0 Å². The van der Waals surface area contributed by atoms with Crippen LogP contribution < -0.4 is 0 Å². The Bertz CT molecular complexity index is 18.5. The molecular formula is C3H8S. The zero-order valence-electron chi connectivity index (χ0n) is 3.02. The Morgan fingerprint density at radius 3 is 2.00 bits per heavy atom. The Kier molecular flexibility index (Phi) is 3.40. The van der Waals surface area contributed by atoms with E-state index in [-0.39, 0.29) is 0 Å². The van der Waals surface area contributed by atoms with Crippen LogP contribution in [0, 0.1) is 0 Å². The van der Waals surface area contributed by atoms with Crippen molar-refractivity contribution in [3.05, 3.63) is 0 Å². The molecule has 0 saturated carbocycles. The fraction of sp³-hybridized carbons (Fsp3) is 0.667. The quantitative estimate of drug-likeness (QED) is 0.322. The first kappa shape index (κ1) is 4.22. The van der Waals surface area contributed by atoms with Crippen LogP contribution in [0.1, 0.15) is 6.92 Å². The third-order valence-electron chi connectivity index (χ3n) is 0.258. The average molecular weight is 76.2 g/mol. The smallest absolute Gasteiger partial charge is 0.0265 e. The monoisotopic (exact) mass is 76.0 g/mol. The first-order valence-electron chi connectivity index (χ1n) is 1.28. The normalized spacial score (nSPS) is 11.5. The summed E-state index contributed by atoms with van der Waals surface area (Å²) in [6.45, 7) is 2.04. The van der Waals surface area contributed by atoms with Gasteiger partial charge in [0.1, 0.15) is 0 Å². The molecule has 0 aromatic rings. The Balaban J connectivity index is 2.55. The molecule has 26 valence electrons. The molecule has 0 aliphatic carbocycles. The van der Waals surface area contributed by atoms with Crippen molar-refractivity contribution in [3.8, 4) is 0 Å². The molecule has 0 atom stereocenters. The van der Waals surface area contributed by atoms with Gasteiger partial charge in [0.05, 0.1) is 0 Å². The maximum absolute atomic E-state index is 2.10. The second-order valence-electron chi connectivity index (χ2n) is 0.516. The highest BCUT2D eigenvalue weighted by Gasteiger charge is 1.32. The minimum absolute atomic E-state index is 1.37. The summed E-state index contributed by atoms with van der Waals surface area (Å²) in [5.74, 6) is 0. The Hall–Kier alpha value is 0.220. The minimum atomic E-state index is 1.37. The summed E-state index contributed by atoms with van der Waals surface area (Å²) in [4.78, 5) is 0. The summed E-state index contributed by atoms with van der Waals surface area (Å²) in [6, 6.07) is 0. The lowest BCUT2D eigenvalue weighted by Gasteiger charge is -1.52. The first-order valence-corrected chi connectivity index (χ1v) is 2.69. The first-order chi connectivity index (χ1) is 1.91. The highest BCUT2D eigenvalue weighted by atomic mass is 32.1. The van der Waals surface area contributed by atoms with E-state index in [1.54, 1.807) is 0 Å². The summed E-state index contributed by atoms with van der Waals surface area (Å²) in [5.41, 5.74) is 0. The van der Waals surface area contributed by atoms with E-state index >= 15 is 0 Å². The second-order valence-corrected chi connectivity index (χ2v) is 1.55. The van der Waals surface area contributed by atoms with Crippen LogP contribution in [0.2, 0.25) is 0 Å². The highest BCUT2D eigenvalue weighted by Crippen LogP contribution is 1.61. The summed E-state index contributed by atoms with van der Waals surface area (Å²) in [5, 5.41) is 2.10. The number of hydrogen-bond donors (Lipinski definition) is 1. The fourth-order valence-electron chi connectivity index (χ4n) is 0. The van der Waals surface area contributed by atoms with E-state index in [9.17, 15) is 0 Å². The Morgan fingerprint density at radius 1 is 1.75 bits per heavy atom. The van der Waals surface area contributed by atoms with Crippen LogP contribution >= 0.6 is 11.4 Å². The van der Waals surface area contributed by atoms with E-state index in [2.05, 4.69) is 11.6 Å². The van der Waals surface area contributed by atoms with Gasteiger partial charge < -0.3 is 0 Å². The van der Waals surface area contributed by atoms with Gasteiger partial charge in [0.2, 0.25) is 0 Å². The predicted octanol–water partition coefficient (Wildman–Crippen LogP) is 0.904. The van der Waals surface area contributed by atoms with Crippen molar-refractivity contribution in [2.45, 2.75) is 6.92 Å². The summed E-state index contributed by atoms with van der Waals surface area (Å²) in [7, 11) is 0. The molecule has 0 aromatic heterocycles. The number of thiol groups is 1. The van der Waals surface area contributed by atoms with Crippen molar-refractivity contribution >= 4 is 16.7 Å². The molecule has 0 fully saturated rings. The van der Waals surface area contributed by atoms with Gasteiger partial charge in [0, 0.05) is 0 Å². The third-order valence-corrected chi connectivity index (χ3v) is 0.775. The average Bonchev–Trinajstić information content (AvgIpc) is 1.37. The van der Waals surface area contributed by atoms with Crippen LogP contribution in [0.25, 0.3) is 0 Å². The highest BCUT2D eigenvalue weighted by molar-refractivity contribution is 7.96. The van der Waals surface area contributed by atoms with Gasteiger partial charge in [-0.3, -0.25) is 0 Å². The van der Waals surface area contributed by atoms with Crippen molar-refractivity contribution in [2.75, 3.05) is 6.26 Å². The van der Waals surface area contributed by atoms with Crippen molar-refractivity contribution in [2.24, 2.45) is 0 Å². The second kappa shape index (κ2) is 3.22. The molecule has 0 heterocycles. The molecule has 4 heavy (non-hydrogen) atoms. The molecule has 0 aliphatic rings. The predicted molar refractivity (Wildman–Crippen MR) is 26.6 cm³/mol. The van der Waals surface area contributed by atoms with Crippen LogP contribution in [-0.2, 0) is 0 Å². The molecule has 0 aliphatic heterocycles. The van der Waals surface area contributed by atoms with Crippen LogP contribution in [0.5, 0.6) is 0 Å². The van der Waals surface area contributed by atoms with E-state index in [0.29, 0.717) is 0 Å². The fourth-order valence-corrected chi connectivity index (χ4v) is 0. The molecule has 0 amide bonds. The standard InChI is InChI=1S/C3H8S/c1-3-4-2/h3-4H,1-2H3. The molecule has 0 radical (unpaired) electrons. The van der Waals surface area contributed by atoms with E-state index in [4.69, 9.17) is 0 Å². The van der Waals surface area contributed by atoms with Gasteiger partial charge in [-0.05, 0) is 13.2 Å². The van der Waals surface area contributed by atoms with Crippen molar-refractivity contribution < 1.29 is 0 Å². The molecule has 0 unspecified atom stereocenters. The molecule has 0 rings (SSSR count). The molecule has 1 heteroatoms. The van der Waals surface area contributed by atoms with Crippen LogP contribution in [-0.4, -0.2) is 11.6 Å². The van der Waals surface area contributed by atoms with Crippen molar-refractivity contribution in [1.29, 1.82) is 0 Å². The van der Waals surface area contributed by atoms with Crippen LogP contribution in [0.4, 0.5) is 0 Å². The molecule has 0 spiro atoms. The summed E-state index contributed by atoms with van der Waals surface area (Å²) >= 11 is 1.37. The number of rotatable bonds is 0. The van der Waals surface area contributed by atoms with Crippen molar-refractivity contribution in [1.82, 2.24) is 0 Å². The van der Waals surface area contributed by atoms with Gasteiger partial charge >= 0.3 is 0 Å². The number of hydrogen-bond acceptors (Lipinski definition) is 0. The molecule has 0 saturated heterocycles. The maximum Gasteiger partial charge on any atom is -0.0265 e. The van der Waals surface area contributed by atoms with E-state index < -0.39 is 0 Å². The van der Waals surface area contributed by atoms with Gasteiger partial charge in [0.25, 0.3) is 0 Å². The molecule has 0 bridgehead atoms.